The van der Waals surface area contributed by atoms with Crippen molar-refractivity contribution in [2.24, 2.45) is 0 Å². The van der Waals surface area contributed by atoms with Crippen molar-refractivity contribution in [1.82, 2.24) is 15.3 Å². The second-order valence-electron chi connectivity index (χ2n) is 4.98. The fourth-order valence-corrected chi connectivity index (χ4v) is 2.29. The van der Waals surface area contributed by atoms with Crippen LogP contribution in [0.3, 0.4) is 0 Å². The third kappa shape index (κ3) is 3.59. The second kappa shape index (κ2) is 7.00. The largest absolute Gasteiger partial charge is 0.378 e. The van der Waals surface area contributed by atoms with Gasteiger partial charge in [-0.1, -0.05) is 18.2 Å². The number of rotatable bonds is 4. The maximum absolute atomic E-state index is 12.0. The second-order valence-corrected chi connectivity index (χ2v) is 4.98. The lowest BCUT2D eigenvalue weighted by molar-refractivity contribution is 0.0950. The first-order valence-electron chi connectivity index (χ1n) is 7.31. The van der Waals surface area contributed by atoms with Crippen molar-refractivity contribution in [3.8, 4) is 0 Å². The quantitative estimate of drug-likeness (QED) is 0.920. The van der Waals surface area contributed by atoms with Crippen LogP contribution < -0.4 is 10.2 Å². The highest BCUT2D eigenvalue weighted by molar-refractivity contribution is 5.93. The minimum absolute atomic E-state index is 0.124. The molecule has 2 heterocycles. The van der Waals surface area contributed by atoms with E-state index in [9.17, 15) is 4.79 Å². The average molecular weight is 298 g/mol. The Kier molecular flexibility index (Phi) is 4.60. The van der Waals surface area contributed by atoms with E-state index in [4.69, 9.17) is 4.74 Å². The Hall–Kier alpha value is -2.47. The van der Waals surface area contributed by atoms with E-state index in [0.29, 0.717) is 31.1 Å². The Labute approximate surface area is 129 Å². The molecule has 1 aromatic heterocycles. The predicted octanol–water partition coefficient (Wildman–Crippen LogP) is 1.24. The van der Waals surface area contributed by atoms with Gasteiger partial charge in [-0.2, -0.15) is 0 Å². The van der Waals surface area contributed by atoms with Gasteiger partial charge >= 0.3 is 0 Å². The summed E-state index contributed by atoms with van der Waals surface area (Å²) in [6.07, 6.45) is 1.72. The van der Waals surface area contributed by atoms with E-state index in [1.807, 2.05) is 24.3 Å². The molecule has 6 heteroatoms. The number of ether oxygens (including phenoxy) is 1. The Bertz CT molecular complexity index is 627. The molecule has 1 aromatic carbocycles. The topological polar surface area (TPSA) is 67.4 Å². The number of morpholine rings is 1. The summed E-state index contributed by atoms with van der Waals surface area (Å²) in [7, 11) is 0. The number of carbonyl (C=O) groups is 1. The monoisotopic (exact) mass is 298 g/mol. The first kappa shape index (κ1) is 14.5. The Morgan fingerprint density at radius 3 is 2.73 bits per heavy atom. The molecular weight excluding hydrogens is 280 g/mol. The van der Waals surface area contributed by atoms with Crippen LogP contribution in [0, 0.1) is 0 Å². The molecule has 114 valence electrons. The summed E-state index contributed by atoms with van der Waals surface area (Å²) in [6.45, 7) is 3.39. The zero-order chi connectivity index (χ0) is 15.2. The van der Waals surface area contributed by atoms with Crippen LogP contribution in [-0.2, 0) is 11.3 Å². The molecule has 2 aromatic rings. The molecule has 3 rings (SSSR count). The maximum Gasteiger partial charge on any atom is 0.251 e. The molecule has 0 unspecified atom stereocenters. The van der Waals surface area contributed by atoms with Crippen molar-refractivity contribution in [1.29, 1.82) is 0 Å². The molecule has 22 heavy (non-hydrogen) atoms. The van der Waals surface area contributed by atoms with Gasteiger partial charge in [0.25, 0.3) is 5.91 Å². The molecule has 1 N–H and O–H groups in total. The fraction of sp³-hybridized carbons (Fsp3) is 0.312. The van der Waals surface area contributed by atoms with Crippen LogP contribution in [0.25, 0.3) is 0 Å². The molecule has 0 spiro atoms. The maximum atomic E-state index is 12.0. The minimum Gasteiger partial charge on any atom is -0.378 e. The number of nitrogens with one attached hydrogen (secondary N) is 1. The van der Waals surface area contributed by atoms with E-state index in [1.54, 1.807) is 18.3 Å². The molecule has 1 amide bonds. The van der Waals surface area contributed by atoms with Crippen LogP contribution in [0.2, 0.25) is 0 Å². The highest BCUT2D eigenvalue weighted by Gasteiger charge is 2.13. The van der Waals surface area contributed by atoms with Crippen LogP contribution in [0.15, 0.2) is 42.6 Å². The lowest BCUT2D eigenvalue weighted by atomic mass is 10.2. The van der Waals surface area contributed by atoms with Crippen molar-refractivity contribution in [3.63, 3.8) is 0 Å². The Morgan fingerprint density at radius 1 is 1.18 bits per heavy atom. The van der Waals surface area contributed by atoms with Gasteiger partial charge in [0.05, 0.1) is 19.8 Å². The van der Waals surface area contributed by atoms with Crippen LogP contribution in [0.4, 0.5) is 5.82 Å². The van der Waals surface area contributed by atoms with Crippen LogP contribution in [0.5, 0.6) is 0 Å². The van der Waals surface area contributed by atoms with Crippen LogP contribution >= 0.6 is 0 Å². The smallest absolute Gasteiger partial charge is 0.251 e. The highest BCUT2D eigenvalue weighted by Crippen LogP contribution is 2.11. The van der Waals surface area contributed by atoms with Gasteiger partial charge < -0.3 is 15.0 Å². The molecule has 1 aliphatic heterocycles. The third-order valence-electron chi connectivity index (χ3n) is 3.47. The van der Waals surface area contributed by atoms with Gasteiger partial charge in [0.15, 0.2) is 0 Å². The predicted molar refractivity (Wildman–Crippen MR) is 82.7 cm³/mol. The van der Waals surface area contributed by atoms with Crippen molar-refractivity contribution < 1.29 is 9.53 Å². The number of benzene rings is 1. The van der Waals surface area contributed by atoms with Crippen molar-refractivity contribution in [2.45, 2.75) is 6.54 Å². The number of anilines is 1. The number of hydrogen-bond donors (Lipinski definition) is 1. The molecule has 0 radical (unpaired) electrons. The highest BCUT2D eigenvalue weighted by atomic mass is 16.5. The lowest BCUT2D eigenvalue weighted by Crippen LogP contribution is -2.37. The fourth-order valence-electron chi connectivity index (χ4n) is 2.29. The Balaban J connectivity index is 1.62. The van der Waals surface area contributed by atoms with E-state index in [-0.39, 0.29) is 5.91 Å². The molecular formula is C16H18N4O2. The number of aromatic nitrogens is 2. The summed E-state index contributed by atoms with van der Waals surface area (Å²) < 4.78 is 5.34. The van der Waals surface area contributed by atoms with E-state index in [0.717, 1.165) is 18.9 Å². The third-order valence-corrected chi connectivity index (χ3v) is 3.47. The summed E-state index contributed by atoms with van der Waals surface area (Å²) in [4.78, 5) is 22.9. The van der Waals surface area contributed by atoms with Crippen LogP contribution in [0.1, 0.15) is 16.2 Å². The van der Waals surface area contributed by atoms with Gasteiger partial charge in [-0.05, 0) is 18.2 Å². The molecule has 0 bridgehead atoms. The number of hydrogen-bond acceptors (Lipinski definition) is 5. The minimum atomic E-state index is -0.124. The van der Waals surface area contributed by atoms with Crippen molar-refractivity contribution in [3.05, 3.63) is 54.0 Å². The standard InChI is InChI=1S/C16H18N4O2/c21-16(13-4-2-1-3-5-13)18-12-14-17-7-6-15(19-14)20-8-10-22-11-9-20/h1-7H,8-12H2,(H,18,21). The van der Waals surface area contributed by atoms with Gasteiger partial charge in [0.2, 0.25) is 0 Å². The average Bonchev–Trinajstić information content (AvgIpc) is 2.61. The summed E-state index contributed by atoms with van der Waals surface area (Å²) >= 11 is 0. The van der Waals surface area contributed by atoms with Gasteiger partial charge in [-0.15, -0.1) is 0 Å². The summed E-state index contributed by atoms with van der Waals surface area (Å²) in [6, 6.07) is 11.0. The van der Waals surface area contributed by atoms with E-state index in [1.165, 1.54) is 0 Å². The molecule has 0 saturated carbocycles. The van der Waals surface area contributed by atoms with Crippen molar-refractivity contribution in [2.75, 3.05) is 31.2 Å². The van der Waals surface area contributed by atoms with Crippen molar-refractivity contribution >= 4 is 11.7 Å². The van der Waals surface area contributed by atoms with E-state index < -0.39 is 0 Å². The number of amides is 1. The molecule has 6 nitrogen and oxygen atoms in total. The summed E-state index contributed by atoms with van der Waals surface area (Å²) in [5, 5.41) is 2.84. The SMILES string of the molecule is O=C(NCc1nccc(N2CCOCC2)n1)c1ccccc1. The zero-order valence-electron chi connectivity index (χ0n) is 12.2. The number of carbonyl (C=O) groups excluding carboxylic acids is 1. The number of nitrogens with zero attached hydrogens (tertiary/aromatic N) is 3. The summed E-state index contributed by atoms with van der Waals surface area (Å²) in [5.74, 6) is 1.36. The zero-order valence-corrected chi connectivity index (χ0v) is 12.2. The van der Waals surface area contributed by atoms with E-state index in [2.05, 4.69) is 20.2 Å². The molecule has 1 saturated heterocycles. The lowest BCUT2D eigenvalue weighted by Gasteiger charge is -2.27. The van der Waals surface area contributed by atoms with Gasteiger partial charge in [0.1, 0.15) is 11.6 Å². The first-order valence-corrected chi connectivity index (χ1v) is 7.31. The Morgan fingerprint density at radius 2 is 1.95 bits per heavy atom. The van der Waals surface area contributed by atoms with Gasteiger partial charge in [0, 0.05) is 24.8 Å². The molecule has 0 aliphatic carbocycles. The normalized spacial score (nSPS) is 14.6. The molecule has 1 aliphatic rings. The first-order chi connectivity index (χ1) is 10.8. The van der Waals surface area contributed by atoms with Gasteiger partial charge in [-0.3, -0.25) is 4.79 Å². The van der Waals surface area contributed by atoms with E-state index >= 15 is 0 Å². The molecule has 0 atom stereocenters. The molecule has 1 fully saturated rings. The summed E-state index contributed by atoms with van der Waals surface area (Å²) in [5.41, 5.74) is 0.631. The van der Waals surface area contributed by atoms with Crippen LogP contribution in [-0.4, -0.2) is 42.2 Å². The van der Waals surface area contributed by atoms with Gasteiger partial charge in [-0.25, -0.2) is 9.97 Å².